The first-order chi connectivity index (χ1) is 10.3. The minimum atomic E-state index is -0.911. The molecule has 0 spiro atoms. The highest BCUT2D eigenvalue weighted by molar-refractivity contribution is 5.81. The number of carbonyl (C=O) groups excluding carboxylic acids is 2. The smallest absolute Gasteiger partial charge is 0.408 e. The molecule has 0 aliphatic carbocycles. The van der Waals surface area contributed by atoms with Crippen LogP contribution in [0.15, 0.2) is 30.3 Å². The molecule has 0 bridgehead atoms. The first-order valence-electron chi connectivity index (χ1n) is 6.89. The highest BCUT2D eigenvalue weighted by Crippen LogP contribution is 2.09. The van der Waals surface area contributed by atoms with E-state index >= 15 is 0 Å². The van der Waals surface area contributed by atoms with E-state index < -0.39 is 23.7 Å². The number of carbonyl (C=O) groups is 2. The first kappa shape index (κ1) is 17.5. The Labute approximate surface area is 130 Å². The van der Waals surface area contributed by atoms with Crippen LogP contribution in [-0.4, -0.2) is 30.3 Å². The van der Waals surface area contributed by atoms with E-state index in [0.29, 0.717) is 0 Å². The van der Waals surface area contributed by atoms with Crippen molar-refractivity contribution in [3.63, 3.8) is 0 Å². The van der Waals surface area contributed by atoms with Crippen molar-refractivity contribution >= 4 is 12.1 Å². The van der Waals surface area contributed by atoms with E-state index in [2.05, 4.69) is 5.32 Å². The molecule has 1 aromatic carbocycles. The number of alkyl carbamates (subject to hydrolysis) is 1. The summed E-state index contributed by atoms with van der Waals surface area (Å²) in [7, 11) is 0. The Kier molecular flexibility index (Phi) is 6.39. The van der Waals surface area contributed by atoms with Gasteiger partial charge in [-0.15, -0.1) is 0 Å². The topological polar surface area (TPSA) is 88.4 Å². The van der Waals surface area contributed by atoms with Crippen LogP contribution < -0.4 is 5.32 Å². The number of nitrogens with one attached hydrogen (secondary N) is 1. The van der Waals surface area contributed by atoms with E-state index in [-0.39, 0.29) is 13.0 Å². The van der Waals surface area contributed by atoms with Crippen molar-refractivity contribution in [3.8, 4) is 6.07 Å². The summed E-state index contributed by atoms with van der Waals surface area (Å²) < 4.78 is 9.92. The van der Waals surface area contributed by atoms with Crippen molar-refractivity contribution in [2.75, 3.05) is 6.61 Å². The van der Waals surface area contributed by atoms with Crippen LogP contribution in [0.2, 0.25) is 0 Å². The summed E-state index contributed by atoms with van der Waals surface area (Å²) in [6.07, 6.45) is -0.452. The molecule has 0 unspecified atom stereocenters. The molecule has 0 radical (unpaired) electrons. The lowest BCUT2D eigenvalue weighted by atomic mass is 10.1. The monoisotopic (exact) mass is 304 g/mol. The van der Waals surface area contributed by atoms with Gasteiger partial charge < -0.3 is 14.8 Å². The standard InChI is InChI=1S/C16H20N2O4/c1-16(2,3)22-15(20)18-13(14(19)21-10-9-17)11-12-7-5-4-6-8-12/h4-8,13H,10-11H2,1-3H3,(H,18,20)/t13-/m1/s1. The molecule has 1 N–H and O–H groups in total. The van der Waals surface area contributed by atoms with Crippen molar-refractivity contribution in [2.24, 2.45) is 0 Å². The zero-order chi connectivity index (χ0) is 16.6. The van der Waals surface area contributed by atoms with Crippen molar-refractivity contribution < 1.29 is 19.1 Å². The second-order valence-electron chi connectivity index (χ2n) is 5.65. The summed E-state index contributed by atoms with van der Waals surface area (Å²) in [6, 6.07) is 10.0. The molecule has 0 aliphatic rings. The highest BCUT2D eigenvalue weighted by Gasteiger charge is 2.25. The number of hydrogen-bond donors (Lipinski definition) is 1. The van der Waals surface area contributed by atoms with Crippen LogP contribution in [-0.2, 0) is 20.7 Å². The van der Waals surface area contributed by atoms with Crippen LogP contribution in [0.4, 0.5) is 4.79 Å². The maximum Gasteiger partial charge on any atom is 0.408 e. The predicted octanol–water partition coefficient (Wildman–Crippen LogP) is 2.19. The summed E-state index contributed by atoms with van der Waals surface area (Å²) in [5.74, 6) is -0.670. The molecule has 0 fully saturated rings. The lowest BCUT2D eigenvalue weighted by molar-refractivity contribution is -0.144. The number of amides is 1. The number of nitrogens with zero attached hydrogens (tertiary/aromatic N) is 1. The molecule has 1 rings (SSSR count). The largest absolute Gasteiger partial charge is 0.449 e. The van der Waals surface area contributed by atoms with Gasteiger partial charge in [-0.25, -0.2) is 9.59 Å². The normalized spacial score (nSPS) is 11.9. The Hall–Kier alpha value is -2.55. The fraction of sp³-hybridized carbons (Fsp3) is 0.438. The second-order valence-corrected chi connectivity index (χ2v) is 5.65. The number of rotatable bonds is 5. The zero-order valence-electron chi connectivity index (χ0n) is 13.0. The Bertz CT molecular complexity index is 544. The number of ether oxygens (including phenoxy) is 2. The van der Waals surface area contributed by atoms with Gasteiger partial charge in [0.15, 0.2) is 6.61 Å². The van der Waals surface area contributed by atoms with Gasteiger partial charge in [0.25, 0.3) is 0 Å². The maximum atomic E-state index is 12.0. The van der Waals surface area contributed by atoms with Gasteiger partial charge in [-0.2, -0.15) is 5.26 Å². The number of esters is 1. The SMILES string of the molecule is CC(C)(C)OC(=O)N[C@H](Cc1ccccc1)C(=O)OCC#N. The molecule has 1 amide bonds. The molecule has 22 heavy (non-hydrogen) atoms. The second kappa shape index (κ2) is 8.03. The van der Waals surface area contributed by atoms with Crippen molar-refractivity contribution in [2.45, 2.75) is 38.8 Å². The molecule has 0 heterocycles. The fourth-order valence-corrected chi connectivity index (χ4v) is 1.70. The van der Waals surface area contributed by atoms with Crippen LogP contribution in [0.1, 0.15) is 26.3 Å². The molecule has 0 saturated heterocycles. The van der Waals surface area contributed by atoms with Crippen LogP contribution in [0.25, 0.3) is 0 Å². The third-order valence-electron chi connectivity index (χ3n) is 2.54. The summed E-state index contributed by atoms with van der Waals surface area (Å²) in [5.41, 5.74) is 0.190. The van der Waals surface area contributed by atoms with E-state index in [9.17, 15) is 9.59 Å². The quantitative estimate of drug-likeness (QED) is 0.842. The van der Waals surface area contributed by atoms with Gasteiger partial charge in [-0.3, -0.25) is 0 Å². The molecule has 0 aliphatic heterocycles. The number of nitriles is 1. The van der Waals surface area contributed by atoms with Crippen LogP contribution in [0.5, 0.6) is 0 Å². The lowest BCUT2D eigenvalue weighted by Crippen LogP contribution is -2.45. The van der Waals surface area contributed by atoms with Crippen molar-refractivity contribution in [1.29, 1.82) is 5.26 Å². The van der Waals surface area contributed by atoms with E-state index in [4.69, 9.17) is 14.7 Å². The Balaban J connectivity index is 2.76. The molecular formula is C16H20N2O4. The minimum absolute atomic E-state index is 0.254. The van der Waals surface area contributed by atoms with Crippen LogP contribution in [0.3, 0.4) is 0 Å². The third-order valence-corrected chi connectivity index (χ3v) is 2.54. The summed E-state index contributed by atoms with van der Waals surface area (Å²) in [5, 5.41) is 11.0. The summed E-state index contributed by atoms with van der Waals surface area (Å²) >= 11 is 0. The van der Waals surface area contributed by atoms with E-state index in [1.54, 1.807) is 26.8 Å². The predicted molar refractivity (Wildman–Crippen MR) is 79.9 cm³/mol. The number of hydrogen-bond acceptors (Lipinski definition) is 5. The molecule has 0 saturated carbocycles. The Morgan fingerprint density at radius 2 is 1.91 bits per heavy atom. The van der Waals surface area contributed by atoms with E-state index in [1.165, 1.54) is 0 Å². The average molecular weight is 304 g/mol. The van der Waals surface area contributed by atoms with Crippen molar-refractivity contribution in [3.05, 3.63) is 35.9 Å². The van der Waals surface area contributed by atoms with Gasteiger partial charge in [0.1, 0.15) is 17.7 Å². The fourth-order valence-electron chi connectivity index (χ4n) is 1.70. The summed E-state index contributed by atoms with van der Waals surface area (Å²) in [6.45, 7) is 4.83. The molecule has 1 atom stereocenters. The highest BCUT2D eigenvalue weighted by atomic mass is 16.6. The molecule has 6 heteroatoms. The van der Waals surface area contributed by atoms with Gasteiger partial charge in [0, 0.05) is 6.42 Å². The van der Waals surface area contributed by atoms with Gasteiger partial charge >= 0.3 is 12.1 Å². The van der Waals surface area contributed by atoms with E-state index in [1.807, 2.05) is 30.3 Å². The molecule has 0 aromatic heterocycles. The van der Waals surface area contributed by atoms with Gasteiger partial charge in [-0.1, -0.05) is 30.3 Å². The Morgan fingerprint density at radius 1 is 1.27 bits per heavy atom. The summed E-state index contributed by atoms with van der Waals surface area (Å²) in [4.78, 5) is 23.8. The molecule has 118 valence electrons. The van der Waals surface area contributed by atoms with Crippen LogP contribution in [0, 0.1) is 11.3 Å². The first-order valence-corrected chi connectivity index (χ1v) is 6.89. The van der Waals surface area contributed by atoms with Gasteiger partial charge in [-0.05, 0) is 26.3 Å². The zero-order valence-corrected chi connectivity index (χ0v) is 13.0. The molecular weight excluding hydrogens is 284 g/mol. The number of benzene rings is 1. The van der Waals surface area contributed by atoms with Crippen molar-refractivity contribution in [1.82, 2.24) is 5.32 Å². The van der Waals surface area contributed by atoms with Gasteiger partial charge in [0.2, 0.25) is 0 Å². The van der Waals surface area contributed by atoms with E-state index in [0.717, 1.165) is 5.56 Å². The maximum absolute atomic E-state index is 12.0. The Morgan fingerprint density at radius 3 is 2.45 bits per heavy atom. The third kappa shape index (κ3) is 6.75. The molecule has 6 nitrogen and oxygen atoms in total. The average Bonchev–Trinajstić information content (AvgIpc) is 2.43. The molecule has 1 aromatic rings. The lowest BCUT2D eigenvalue weighted by Gasteiger charge is -2.22. The van der Waals surface area contributed by atoms with Crippen LogP contribution >= 0.6 is 0 Å². The minimum Gasteiger partial charge on any atom is -0.449 e. The van der Waals surface area contributed by atoms with Gasteiger partial charge in [0.05, 0.1) is 0 Å².